The number of ether oxygens (including phenoxy) is 4. The summed E-state index contributed by atoms with van der Waals surface area (Å²) < 4.78 is 32.6. The summed E-state index contributed by atoms with van der Waals surface area (Å²) in [7, 11) is 0. The third kappa shape index (κ3) is 15.0. The molecular weight excluding hydrogens is 1100 g/mol. The maximum absolute atomic E-state index is 12.5. The summed E-state index contributed by atoms with van der Waals surface area (Å²) in [6, 6.07) is 90.7. The van der Waals surface area contributed by atoms with Gasteiger partial charge in [-0.25, -0.2) is 0 Å². The van der Waals surface area contributed by atoms with Crippen LogP contribution in [-0.4, -0.2) is 11.5 Å². The predicted octanol–water partition coefficient (Wildman–Crippen LogP) is 20.5. The maximum atomic E-state index is 12.5. The standard InChI is InChI=1S/C81H71NO7/c1-2-85-79-49-44-62-25-15-17-32-73(62)76(79)56-77-75(54-66-50-51-86-80(66)53-59-20-7-3-8-21-59)74(55-67(81(77)65-42-45-68(46-43-65)82(83)84)41-40-64-26-16-18-33-78(64)87-57-61-22-9-4-10-23-61)63(38-34-58-36-47-71(48-37-58)88-69-27-11-5-12-28-69)39-35-60-24-19-31-72(52-60)89-70-29-13-6-14-30-70/h3-33,36-37,42-52,55,63H,2,34-35,38-41,53-54,56-57H2,1H3. The highest BCUT2D eigenvalue weighted by Crippen LogP contribution is 2.44. The van der Waals surface area contributed by atoms with Gasteiger partial charge < -0.3 is 23.4 Å². The second-order valence-corrected chi connectivity index (χ2v) is 22.6. The molecular formula is C81H71NO7. The van der Waals surface area contributed by atoms with Gasteiger partial charge in [0.05, 0.1) is 17.8 Å². The van der Waals surface area contributed by atoms with E-state index in [1.807, 2.05) is 122 Å². The molecule has 8 heteroatoms. The monoisotopic (exact) mass is 1170 g/mol. The lowest BCUT2D eigenvalue weighted by Gasteiger charge is -2.29. The van der Waals surface area contributed by atoms with Gasteiger partial charge in [0.25, 0.3) is 5.69 Å². The van der Waals surface area contributed by atoms with E-state index in [9.17, 15) is 10.1 Å². The van der Waals surface area contributed by atoms with Gasteiger partial charge in [0.1, 0.15) is 46.9 Å². The molecule has 0 amide bonds. The highest BCUT2D eigenvalue weighted by molar-refractivity contribution is 5.89. The number of nitro groups is 1. The Morgan fingerprint density at radius 2 is 1.04 bits per heavy atom. The number of hydrogen-bond acceptors (Lipinski definition) is 7. The van der Waals surface area contributed by atoms with Gasteiger partial charge in [-0.15, -0.1) is 0 Å². The Bertz CT molecular complexity index is 4260. The molecule has 0 saturated carbocycles. The number of rotatable bonds is 27. The molecule has 12 aromatic rings. The number of nitro benzene ring substituents is 1. The molecule has 0 aliphatic heterocycles. The Morgan fingerprint density at radius 1 is 0.438 bits per heavy atom. The van der Waals surface area contributed by atoms with E-state index in [1.165, 1.54) is 22.3 Å². The van der Waals surface area contributed by atoms with E-state index in [0.717, 1.165) is 127 Å². The smallest absolute Gasteiger partial charge is 0.269 e. The number of furan rings is 1. The molecule has 0 radical (unpaired) electrons. The molecule has 1 heterocycles. The summed E-state index contributed by atoms with van der Waals surface area (Å²) in [6.45, 7) is 2.97. The van der Waals surface area contributed by atoms with Crippen molar-refractivity contribution in [2.75, 3.05) is 6.61 Å². The summed E-state index contributed by atoms with van der Waals surface area (Å²) >= 11 is 0. The van der Waals surface area contributed by atoms with Crippen LogP contribution in [0.4, 0.5) is 5.69 Å². The van der Waals surface area contributed by atoms with Gasteiger partial charge in [-0.1, -0.05) is 176 Å². The van der Waals surface area contributed by atoms with Crippen LogP contribution in [0.3, 0.4) is 0 Å². The molecule has 1 unspecified atom stereocenters. The van der Waals surface area contributed by atoms with Gasteiger partial charge in [-0.2, -0.15) is 0 Å². The van der Waals surface area contributed by atoms with Crippen molar-refractivity contribution in [3.05, 3.63) is 350 Å². The molecule has 0 fully saturated rings. The Hall–Kier alpha value is -10.4. The van der Waals surface area contributed by atoms with Crippen molar-refractivity contribution in [1.82, 2.24) is 0 Å². The average Bonchev–Trinajstić information content (AvgIpc) is 1.36. The molecule has 12 rings (SSSR count). The molecule has 0 aliphatic carbocycles. The largest absolute Gasteiger partial charge is 0.494 e. The second-order valence-electron chi connectivity index (χ2n) is 22.6. The lowest BCUT2D eigenvalue weighted by molar-refractivity contribution is -0.384. The Morgan fingerprint density at radius 3 is 1.76 bits per heavy atom. The van der Waals surface area contributed by atoms with Crippen molar-refractivity contribution in [3.8, 4) is 45.6 Å². The van der Waals surface area contributed by atoms with Crippen LogP contribution in [0.1, 0.15) is 92.6 Å². The number of nitrogens with zero attached hydrogens (tertiary/aromatic N) is 1. The first-order valence-electron chi connectivity index (χ1n) is 30.9. The average molecular weight is 1170 g/mol. The van der Waals surface area contributed by atoms with Crippen molar-refractivity contribution in [1.29, 1.82) is 0 Å². The Kier molecular flexibility index (Phi) is 19.1. The first-order chi connectivity index (χ1) is 43.9. The Labute approximate surface area is 521 Å². The summed E-state index contributed by atoms with van der Waals surface area (Å²) in [5, 5.41) is 14.7. The predicted molar refractivity (Wildman–Crippen MR) is 357 cm³/mol. The third-order valence-corrected chi connectivity index (χ3v) is 16.8. The van der Waals surface area contributed by atoms with Crippen LogP contribution in [0.2, 0.25) is 0 Å². The minimum Gasteiger partial charge on any atom is -0.494 e. The van der Waals surface area contributed by atoms with Crippen molar-refractivity contribution < 1.29 is 28.3 Å². The third-order valence-electron chi connectivity index (χ3n) is 16.8. The van der Waals surface area contributed by atoms with E-state index in [2.05, 4.69) is 146 Å². The van der Waals surface area contributed by atoms with E-state index >= 15 is 0 Å². The molecule has 0 spiro atoms. The zero-order chi connectivity index (χ0) is 60.6. The van der Waals surface area contributed by atoms with Crippen LogP contribution in [0, 0.1) is 10.1 Å². The second kappa shape index (κ2) is 28.8. The fourth-order valence-corrected chi connectivity index (χ4v) is 12.3. The van der Waals surface area contributed by atoms with Crippen LogP contribution < -0.4 is 18.9 Å². The van der Waals surface area contributed by atoms with Gasteiger partial charge in [-0.05, 0) is 208 Å². The number of non-ortho nitro benzene ring substituents is 1. The molecule has 1 atom stereocenters. The quantitative estimate of drug-likeness (QED) is 0.0374. The summed E-state index contributed by atoms with van der Waals surface area (Å²) in [4.78, 5) is 12.2. The molecule has 0 N–H and O–H groups in total. The highest BCUT2D eigenvalue weighted by Gasteiger charge is 2.28. The normalized spacial score (nSPS) is 11.5. The number of para-hydroxylation sites is 3. The van der Waals surface area contributed by atoms with Gasteiger partial charge in [0.2, 0.25) is 0 Å². The minimum absolute atomic E-state index is 0.0252. The summed E-state index contributed by atoms with van der Waals surface area (Å²) in [6.07, 6.45) is 8.09. The molecule has 1 aromatic heterocycles. The topological polar surface area (TPSA) is 93.2 Å². The first kappa shape index (κ1) is 58.9. The zero-order valence-electron chi connectivity index (χ0n) is 50.1. The zero-order valence-corrected chi connectivity index (χ0v) is 50.1. The van der Waals surface area contributed by atoms with Gasteiger partial charge in [-0.3, -0.25) is 10.1 Å². The summed E-state index contributed by atoms with van der Waals surface area (Å²) in [5.41, 5.74) is 14.7. The SMILES string of the molecule is CCOc1ccc2ccccc2c1Cc1c(Cc2ccoc2Cc2ccccc2)c(C(CCc2ccc(Oc3ccccc3)cc2)CCc2cccc(Oc3ccccc3)c2)cc(CCc2ccccc2OCc2ccccc2)c1-c1ccc([N+](=O)[O-])cc1. The van der Waals surface area contributed by atoms with Gasteiger partial charge in [0, 0.05) is 37.0 Å². The van der Waals surface area contributed by atoms with Crippen molar-refractivity contribution >= 4 is 16.5 Å². The Balaban J connectivity index is 1.06. The maximum Gasteiger partial charge on any atom is 0.269 e. The van der Waals surface area contributed by atoms with E-state index in [0.29, 0.717) is 45.3 Å². The minimum atomic E-state index is -0.317. The van der Waals surface area contributed by atoms with Crippen LogP contribution >= 0.6 is 0 Å². The van der Waals surface area contributed by atoms with Crippen molar-refractivity contribution in [2.45, 2.75) is 77.2 Å². The fraction of sp³-hybridized carbons (Fsp3) is 0.160. The van der Waals surface area contributed by atoms with Gasteiger partial charge >= 0.3 is 0 Å². The molecule has 0 aliphatic rings. The van der Waals surface area contributed by atoms with Crippen molar-refractivity contribution in [2.24, 2.45) is 0 Å². The van der Waals surface area contributed by atoms with E-state index in [4.69, 9.17) is 23.4 Å². The van der Waals surface area contributed by atoms with E-state index in [1.54, 1.807) is 12.1 Å². The number of benzene rings is 11. The highest BCUT2D eigenvalue weighted by atomic mass is 16.6. The summed E-state index contributed by atoms with van der Waals surface area (Å²) in [5.74, 6) is 5.75. The van der Waals surface area contributed by atoms with Crippen molar-refractivity contribution in [3.63, 3.8) is 0 Å². The lowest BCUT2D eigenvalue weighted by atomic mass is 9.76. The fourth-order valence-electron chi connectivity index (χ4n) is 12.3. The molecule has 442 valence electrons. The number of aryl methyl sites for hydroxylation is 4. The van der Waals surface area contributed by atoms with E-state index in [-0.39, 0.29) is 16.5 Å². The van der Waals surface area contributed by atoms with E-state index < -0.39 is 0 Å². The molecule has 0 saturated heterocycles. The van der Waals surface area contributed by atoms with Crippen LogP contribution in [0.5, 0.6) is 34.5 Å². The van der Waals surface area contributed by atoms with Gasteiger partial charge in [0.15, 0.2) is 0 Å². The van der Waals surface area contributed by atoms with Crippen LogP contribution in [0.15, 0.2) is 278 Å². The number of hydrogen-bond donors (Lipinski definition) is 0. The lowest BCUT2D eigenvalue weighted by Crippen LogP contribution is -2.14. The molecule has 8 nitrogen and oxygen atoms in total. The first-order valence-corrected chi connectivity index (χ1v) is 30.9. The molecule has 89 heavy (non-hydrogen) atoms. The number of fused-ring (bicyclic) bond motifs is 1. The van der Waals surface area contributed by atoms with Crippen LogP contribution in [-0.2, 0) is 51.6 Å². The van der Waals surface area contributed by atoms with Crippen LogP contribution in [0.25, 0.3) is 21.9 Å². The molecule has 11 aromatic carbocycles. The molecule has 0 bridgehead atoms.